The average Bonchev–Trinajstić information content (AvgIpc) is 3.40. The summed E-state index contributed by atoms with van der Waals surface area (Å²) in [5, 5.41) is -0.802. The third-order valence-corrected chi connectivity index (χ3v) is 6.76. The number of benzene rings is 2. The molecule has 2 aromatic carbocycles. The van der Waals surface area contributed by atoms with Crippen LogP contribution in [0.5, 0.6) is 11.5 Å². The first-order chi connectivity index (χ1) is 14.3. The van der Waals surface area contributed by atoms with E-state index in [0.29, 0.717) is 37.6 Å². The van der Waals surface area contributed by atoms with Crippen molar-refractivity contribution in [2.75, 3.05) is 26.8 Å². The maximum absolute atomic E-state index is 11.4. The van der Waals surface area contributed by atoms with Gasteiger partial charge in [-0.2, -0.15) is 8.42 Å². The third-order valence-electron chi connectivity index (χ3n) is 5.11. The number of aryl methyl sites for hydroxylation is 1. The van der Waals surface area contributed by atoms with E-state index in [4.69, 9.17) is 18.4 Å². The summed E-state index contributed by atoms with van der Waals surface area (Å²) in [6.45, 7) is 3.53. The van der Waals surface area contributed by atoms with E-state index in [1.54, 1.807) is 13.2 Å². The predicted molar refractivity (Wildman–Crippen MR) is 111 cm³/mol. The normalized spacial score (nSPS) is 23.6. The van der Waals surface area contributed by atoms with Crippen molar-refractivity contribution in [2.45, 2.75) is 29.6 Å². The van der Waals surface area contributed by atoms with Gasteiger partial charge in [0.1, 0.15) is 6.61 Å². The van der Waals surface area contributed by atoms with E-state index < -0.39 is 15.4 Å². The van der Waals surface area contributed by atoms with Crippen LogP contribution in [0.15, 0.2) is 47.4 Å². The molecule has 2 heterocycles. The first-order valence-corrected chi connectivity index (χ1v) is 11.6. The van der Waals surface area contributed by atoms with Crippen LogP contribution in [-0.2, 0) is 25.5 Å². The lowest BCUT2D eigenvalue weighted by molar-refractivity contribution is -0.0973. The molecule has 2 fully saturated rings. The van der Waals surface area contributed by atoms with Crippen molar-refractivity contribution in [3.8, 4) is 11.5 Å². The van der Waals surface area contributed by atoms with Gasteiger partial charge in [-0.05, 0) is 42.3 Å². The van der Waals surface area contributed by atoms with E-state index in [9.17, 15) is 13.0 Å². The number of hydrogen-bond acceptors (Lipinski definition) is 8. The van der Waals surface area contributed by atoms with Crippen LogP contribution in [-0.4, -0.2) is 56.0 Å². The van der Waals surface area contributed by atoms with Gasteiger partial charge in [0, 0.05) is 19.5 Å². The van der Waals surface area contributed by atoms with Crippen molar-refractivity contribution in [2.24, 2.45) is 0 Å². The fourth-order valence-corrected chi connectivity index (χ4v) is 4.67. The van der Waals surface area contributed by atoms with E-state index in [2.05, 4.69) is 4.90 Å². The third kappa shape index (κ3) is 4.58. The quantitative estimate of drug-likeness (QED) is 0.367. The summed E-state index contributed by atoms with van der Waals surface area (Å²) < 4.78 is 54.9. The molecule has 2 atom stereocenters. The summed E-state index contributed by atoms with van der Waals surface area (Å²) in [5.74, 6) is 1.35. The number of hydrogen-bond donors (Lipinski definition) is 1. The summed E-state index contributed by atoms with van der Waals surface area (Å²) in [4.78, 5) is 1.94. The van der Waals surface area contributed by atoms with E-state index >= 15 is 0 Å². The highest BCUT2D eigenvalue weighted by Crippen LogP contribution is 2.54. The summed E-state index contributed by atoms with van der Waals surface area (Å²) >= 11 is 1.25. The van der Waals surface area contributed by atoms with Crippen molar-refractivity contribution in [1.29, 1.82) is 0 Å². The Morgan fingerprint density at radius 2 is 2.00 bits per heavy atom. The lowest BCUT2D eigenvalue weighted by Gasteiger charge is -2.18. The number of para-hydroxylation sites is 2. The van der Waals surface area contributed by atoms with Crippen molar-refractivity contribution in [1.82, 2.24) is 4.90 Å². The van der Waals surface area contributed by atoms with Crippen LogP contribution in [0.2, 0.25) is 0 Å². The fraction of sp³-hybridized carbons (Fsp3) is 0.400. The lowest BCUT2D eigenvalue weighted by atomic mass is 10.0. The van der Waals surface area contributed by atoms with Gasteiger partial charge in [-0.25, -0.2) is 9.08 Å². The number of nitrogens with zero attached hydrogens (tertiary/aromatic N) is 1. The van der Waals surface area contributed by atoms with E-state index in [0.717, 1.165) is 11.1 Å². The first kappa shape index (κ1) is 21.4. The Morgan fingerprint density at radius 3 is 2.67 bits per heavy atom. The largest absolute Gasteiger partial charge is 0.493 e. The molecular weight excluding hydrogens is 430 g/mol. The Labute approximate surface area is 180 Å². The highest BCUT2D eigenvalue weighted by Gasteiger charge is 2.61. The van der Waals surface area contributed by atoms with Gasteiger partial charge in [-0.1, -0.05) is 18.2 Å². The van der Waals surface area contributed by atoms with Gasteiger partial charge in [-0.15, -0.1) is 0 Å². The van der Waals surface area contributed by atoms with E-state index in [1.807, 2.05) is 31.2 Å². The fourth-order valence-electron chi connectivity index (χ4n) is 3.47. The Balaban J connectivity index is 1.38. The molecule has 4 rings (SSSR count). The van der Waals surface area contributed by atoms with Crippen molar-refractivity contribution in [3.63, 3.8) is 0 Å². The Bertz CT molecular complexity index is 1020. The second-order valence-electron chi connectivity index (χ2n) is 7.14. The van der Waals surface area contributed by atoms with Crippen LogP contribution in [0.3, 0.4) is 0 Å². The molecule has 1 N–H and O–H groups in total. The molecule has 30 heavy (non-hydrogen) atoms. The van der Waals surface area contributed by atoms with Crippen LogP contribution in [0.25, 0.3) is 0 Å². The van der Waals surface area contributed by atoms with Crippen LogP contribution in [0.4, 0.5) is 0 Å². The first-order valence-electron chi connectivity index (χ1n) is 9.43. The zero-order chi connectivity index (χ0) is 21.4. The summed E-state index contributed by atoms with van der Waals surface area (Å²) in [6, 6.07) is 12.0. The minimum atomic E-state index is -4.25. The molecule has 10 heteroatoms. The molecule has 1 unspecified atom stereocenters. The van der Waals surface area contributed by atoms with Crippen molar-refractivity contribution < 1.29 is 31.4 Å². The molecule has 2 aliphatic heterocycles. The Morgan fingerprint density at radius 1 is 1.27 bits per heavy atom. The van der Waals surface area contributed by atoms with Gasteiger partial charge >= 0.3 is 5.24 Å². The molecule has 0 amide bonds. The molecule has 8 nitrogen and oxygen atoms in total. The maximum atomic E-state index is 11.4. The van der Waals surface area contributed by atoms with Gasteiger partial charge in [0.25, 0.3) is 10.1 Å². The Hall–Kier alpha value is -1.82. The van der Waals surface area contributed by atoms with Crippen LogP contribution in [0.1, 0.15) is 11.1 Å². The van der Waals surface area contributed by atoms with Gasteiger partial charge in [0.2, 0.25) is 0 Å². The molecule has 0 bridgehead atoms. The smallest absolute Gasteiger partial charge is 0.320 e. The zero-order valence-electron chi connectivity index (χ0n) is 16.6. The predicted octanol–water partition coefficient (Wildman–Crippen LogP) is 2.86. The molecule has 1 spiro atoms. The average molecular weight is 454 g/mol. The molecule has 2 aliphatic rings. The summed E-state index contributed by atoms with van der Waals surface area (Å²) in [6.07, 6.45) is 0.326. The molecule has 0 aliphatic carbocycles. The van der Waals surface area contributed by atoms with Crippen molar-refractivity contribution in [3.05, 3.63) is 53.6 Å². The zero-order valence-corrected chi connectivity index (χ0v) is 18.2. The molecule has 0 radical (unpaired) electrons. The highest BCUT2D eigenvalue weighted by molar-refractivity contribution is 8.01. The molecule has 0 saturated carbocycles. The van der Waals surface area contributed by atoms with Crippen LogP contribution >= 0.6 is 12.0 Å². The van der Waals surface area contributed by atoms with Gasteiger partial charge in [-0.3, -0.25) is 4.55 Å². The van der Waals surface area contributed by atoms with E-state index in [1.165, 1.54) is 24.2 Å². The standard InChI is InChI=1S/C20H23NO7S2/c1-14-7-8-17(30(22,23)24)12-15(14)11-16-13-21(20(27-16)28-29-20)9-10-26-19-6-4-3-5-18(19)25-2/h3-8,12,16H,9-11,13H2,1-2H3,(H,22,23,24)/t16?,20-/m0/s1. The Kier molecular flexibility index (Phi) is 5.97. The van der Waals surface area contributed by atoms with Crippen LogP contribution < -0.4 is 9.47 Å². The second kappa shape index (κ2) is 8.37. The molecule has 0 aromatic heterocycles. The van der Waals surface area contributed by atoms with E-state index in [-0.39, 0.29) is 11.0 Å². The molecule has 2 saturated heterocycles. The molecular formula is C20H23NO7S2. The monoisotopic (exact) mass is 453 g/mol. The maximum Gasteiger partial charge on any atom is 0.320 e. The van der Waals surface area contributed by atoms with Gasteiger partial charge in [0.05, 0.1) is 30.2 Å². The minimum Gasteiger partial charge on any atom is -0.493 e. The number of rotatable bonds is 8. The minimum absolute atomic E-state index is 0.116. The summed E-state index contributed by atoms with van der Waals surface area (Å²) in [5.41, 5.74) is 1.74. The van der Waals surface area contributed by atoms with Crippen molar-refractivity contribution >= 4 is 22.2 Å². The molecule has 162 valence electrons. The number of ether oxygens (including phenoxy) is 3. The summed E-state index contributed by atoms with van der Waals surface area (Å²) in [7, 11) is -2.65. The topological polar surface area (TPSA) is 97.8 Å². The second-order valence-corrected chi connectivity index (χ2v) is 9.41. The van der Waals surface area contributed by atoms with Gasteiger partial charge in [0.15, 0.2) is 11.5 Å². The molecule has 2 aromatic rings. The van der Waals surface area contributed by atoms with Gasteiger partial charge < -0.3 is 14.2 Å². The number of methoxy groups -OCH3 is 1. The SMILES string of the molecule is COc1ccccc1OCCN1CC(Cc2cc(S(=O)(=O)O)ccc2C)O[C@]12OS2. The highest BCUT2D eigenvalue weighted by atomic mass is 32.2. The van der Waals surface area contributed by atoms with Crippen LogP contribution in [0, 0.1) is 6.92 Å². The lowest BCUT2D eigenvalue weighted by Crippen LogP contribution is -2.35.